The van der Waals surface area contributed by atoms with Crippen molar-refractivity contribution in [3.63, 3.8) is 0 Å². The van der Waals surface area contributed by atoms with Crippen LogP contribution >= 0.6 is 15.9 Å². The smallest absolute Gasteiger partial charge is 0.255 e. The predicted molar refractivity (Wildman–Crippen MR) is 129 cm³/mol. The molecule has 0 aromatic heterocycles. The predicted octanol–water partition coefficient (Wildman–Crippen LogP) is 5.01. The van der Waals surface area contributed by atoms with Crippen LogP contribution < -0.4 is 10.6 Å². The van der Waals surface area contributed by atoms with E-state index < -0.39 is 0 Å². The number of hydrogen-bond donors (Lipinski definition) is 2. The molecule has 5 nitrogen and oxygen atoms in total. The molecule has 6 heteroatoms. The van der Waals surface area contributed by atoms with Crippen molar-refractivity contribution in [2.45, 2.75) is 51.5 Å². The molecule has 1 saturated heterocycles. The van der Waals surface area contributed by atoms with Gasteiger partial charge in [-0.1, -0.05) is 34.5 Å². The maximum atomic E-state index is 12.3. The molecule has 166 valence electrons. The van der Waals surface area contributed by atoms with Gasteiger partial charge in [0.15, 0.2) is 0 Å². The van der Waals surface area contributed by atoms with Gasteiger partial charge < -0.3 is 15.5 Å². The van der Waals surface area contributed by atoms with Crippen LogP contribution in [0.4, 0.5) is 5.69 Å². The summed E-state index contributed by atoms with van der Waals surface area (Å²) < 4.78 is 0.934. The van der Waals surface area contributed by atoms with E-state index in [9.17, 15) is 9.59 Å². The van der Waals surface area contributed by atoms with E-state index in [1.54, 1.807) is 12.1 Å². The molecule has 1 unspecified atom stereocenters. The minimum absolute atomic E-state index is 0.0398. The number of hydrogen-bond acceptors (Lipinski definition) is 3. The Balaban J connectivity index is 1.34. The summed E-state index contributed by atoms with van der Waals surface area (Å²) in [5.41, 5.74) is 2.24. The SMILES string of the molecule is CC1CCCCN1CCCCNC(=O)Cc1ccc(NC(=O)c2ccc(Br)cc2)cc1. The number of nitrogens with zero attached hydrogens (tertiary/aromatic N) is 1. The van der Waals surface area contributed by atoms with Crippen LogP contribution in [0.1, 0.15) is 54.9 Å². The van der Waals surface area contributed by atoms with Crippen molar-refractivity contribution in [1.82, 2.24) is 10.2 Å². The largest absolute Gasteiger partial charge is 0.356 e. The van der Waals surface area contributed by atoms with Crippen molar-refractivity contribution >= 4 is 33.4 Å². The van der Waals surface area contributed by atoms with Gasteiger partial charge in [-0.2, -0.15) is 0 Å². The third kappa shape index (κ3) is 7.78. The number of amides is 2. The number of halogens is 1. The van der Waals surface area contributed by atoms with Crippen molar-refractivity contribution in [2.24, 2.45) is 0 Å². The van der Waals surface area contributed by atoms with Gasteiger partial charge in [-0.05, 0) is 87.7 Å². The molecule has 2 amide bonds. The standard InChI is InChI=1S/C25H32BrN3O2/c1-19-6-2-4-16-29(19)17-5-3-15-27-24(30)18-20-7-13-23(14-8-20)28-25(31)21-9-11-22(26)12-10-21/h7-14,19H,2-6,15-18H2,1H3,(H,27,30)(H,28,31). The molecule has 1 aliphatic rings. The number of unbranched alkanes of at least 4 members (excludes halogenated alkanes) is 1. The summed E-state index contributed by atoms with van der Waals surface area (Å²) in [4.78, 5) is 27.1. The summed E-state index contributed by atoms with van der Waals surface area (Å²) in [7, 11) is 0. The average Bonchev–Trinajstić information content (AvgIpc) is 2.76. The van der Waals surface area contributed by atoms with Crippen molar-refractivity contribution in [2.75, 3.05) is 25.0 Å². The Morgan fingerprint density at radius 1 is 1.03 bits per heavy atom. The molecule has 2 N–H and O–H groups in total. The minimum atomic E-state index is -0.156. The second-order valence-electron chi connectivity index (χ2n) is 8.27. The molecule has 0 spiro atoms. The van der Waals surface area contributed by atoms with Crippen LogP contribution in [0.15, 0.2) is 53.0 Å². The molecule has 31 heavy (non-hydrogen) atoms. The Kier molecular flexibility index (Phi) is 9.10. The maximum Gasteiger partial charge on any atom is 0.255 e. The number of piperidine rings is 1. The van der Waals surface area contributed by atoms with Crippen molar-refractivity contribution in [3.05, 3.63) is 64.1 Å². The first-order chi connectivity index (χ1) is 15.0. The molecule has 1 heterocycles. The van der Waals surface area contributed by atoms with E-state index >= 15 is 0 Å². The van der Waals surface area contributed by atoms with Gasteiger partial charge in [0.25, 0.3) is 5.91 Å². The van der Waals surface area contributed by atoms with Crippen LogP contribution in [0.2, 0.25) is 0 Å². The number of rotatable bonds is 9. The van der Waals surface area contributed by atoms with Crippen molar-refractivity contribution in [3.8, 4) is 0 Å². The molecule has 0 saturated carbocycles. The summed E-state index contributed by atoms with van der Waals surface area (Å²) in [6.07, 6.45) is 6.46. The van der Waals surface area contributed by atoms with Crippen molar-refractivity contribution in [1.29, 1.82) is 0 Å². The lowest BCUT2D eigenvalue weighted by Gasteiger charge is -2.33. The van der Waals surface area contributed by atoms with Gasteiger partial charge in [0.2, 0.25) is 5.91 Å². The van der Waals surface area contributed by atoms with Gasteiger partial charge in [0.1, 0.15) is 0 Å². The van der Waals surface area contributed by atoms with Gasteiger partial charge in [-0.3, -0.25) is 9.59 Å². The molecule has 0 radical (unpaired) electrons. The zero-order chi connectivity index (χ0) is 22.1. The molecular weight excluding hydrogens is 454 g/mol. The van der Waals surface area contributed by atoms with Crippen LogP contribution in [-0.4, -0.2) is 42.4 Å². The Hall–Kier alpha value is -2.18. The zero-order valence-electron chi connectivity index (χ0n) is 18.2. The summed E-state index contributed by atoms with van der Waals surface area (Å²) in [6, 6.07) is 15.3. The fraction of sp³-hybridized carbons (Fsp3) is 0.440. The first-order valence-corrected chi connectivity index (χ1v) is 12.0. The van der Waals surface area contributed by atoms with Gasteiger partial charge in [0.05, 0.1) is 6.42 Å². The first kappa shape index (κ1) is 23.5. The summed E-state index contributed by atoms with van der Waals surface area (Å²) in [5.74, 6) is -0.116. The summed E-state index contributed by atoms with van der Waals surface area (Å²) in [5, 5.41) is 5.90. The molecule has 2 aromatic rings. The Morgan fingerprint density at radius 3 is 2.48 bits per heavy atom. The topological polar surface area (TPSA) is 61.4 Å². The lowest BCUT2D eigenvalue weighted by atomic mass is 10.0. The lowest BCUT2D eigenvalue weighted by molar-refractivity contribution is -0.120. The first-order valence-electron chi connectivity index (χ1n) is 11.2. The number of carbonyl (C=O) groups excluding carboxylic acids is 2. The highest BCUT2D eigenvalue weighted by atomic mass is 79.9. The van der Waals surface area contributed by atoms with Gasteiger partial charge in [-0.15, -0.1) is 0 Å². The van der Waals surface area contributed by atoms with Crippen molar-refractivity contribution < 1.29 is 9.59 Å². The van der Waals surface area contributed by atoms with E-state index in [-0.39, 0.29) is 11.8 Å². The second-order valence-corrected chi connectivity index (χ2v) is 9.19. The van der Waals surface area contributed by atoms with E-state index in [0.29, 0.717) is 23.7 Å². The monoisotopic (exact) mass is 485 g/mol. The molecular formula is C25H32BrN3O2. The summed E-state index contributed by atoms with van der Waals surface area (Å²) >= 11 is 3.36. The van der Waals surface area contributed by atoms with E-state index in [2.05, 4.69) is 38.4 Å². The van der Waals surface area contributed by atoms with Crippen LogP contribution in [0, 0.1) is 0 Å². The highest BCUT2D eigenvalue weighted by molar-refractivity contribution is 9.10. The molecule has 2 aromatic carbocycles. The Morgan fingerprint density at radius 2 is 1.77 bits per heavy atom. The molecule has 1 fully saturated rings. The van der Waals surface area contributed by atoms with Gasteiger partial charge in [-0.25, -0.2) is 0 Å². The quantitative estimate of drug-likeness (QED) is 0.490. The normalized spacial score (nSPS) is 16.6. The Bertz CT molecular complexity index is 852. The van der Waals surface area contributed by atoms with E-state index in [1.165, 1.54) is 25.8 Å². The van der Waals surface area contributed by atoms with Crippen LogP contribution in [0.3, 0.4) is 0 Å². The molecule has 1 atom stereocenters. The molecule has 3 rings (SSSR count). The van der Waals surface area contributed by atoms with Gasteiger partial charge >= 0.3 is 0 Å². The average molecular weight is 486 g/mol. The number of likely N-dealkylation sites (tertiary alicyclic amines) is 1. The number of benzene rings is 2. The summed E-state index contributed by atoms with van der Waals surface area (Å²) in [6.45, 7) is 5.39. The maximum absolute atomic E-state index is 12.3. The number of nitrogens with one attached hydrogen (secondary N) is 2. The van der Waals surface area contributed by atoms with Crippen LogP contribution in [-0.2, 0) is 11.2 Å². The third-order valence-electron chi connectivity index (χ3n) is 5.82. The number of carbonyl (C=O) groups is 2. The fourth-order valence-corrected chi connectivity index (χ4v) is 4.18. The van der Waals surface area contributed by atoms with E-state index in [4.69, 9.17) is 0 Å². The highest BCUT2D eigenvalue weighted by Gasteiger charge is 2.17. The third-order valence-corrected chi connectivity index (χ3v) is 6.35. The van der Waals surface area contributed by atoms with E-state index in [0.717, 1.165) is 36.0 Å². The molecule has 0 bridgehead atoms. The van der Waals surface area contributed by atoms with Gasteiger partial charge in [0, 0.05) is 28.3 Å². The Labute approximate surface area is 193 Å². The highest BCUT2D eigenvalue weighted by Crippen LogP contribution is 2.17. The zero-order valence-corrected chi connectivity index (χ0v) is 19.8. The molecule has 0 aliphatic carbocycles. The number of anilines is 1. The molecule has 1 aliphatic heterocycles. The van der Waals surface area contributed by atoms with Crippen LogP contribution in [0.5, 0.6) is 0 Å². The second kappa shape index (κ2) is 12.0. The minimum Gasteiger partial charge on any atom is -0.356 e. The fourth-order valence-electron chi connectivity index (χ4n) is 3.92. The lowest BCUT2D eigenvalue weighted by Crippen LogP contribution is -2.38. The van der Waals surface area contributed by atoms with E-state index in [1.807, 2.05) is 36.4 Å². The van der Waals surface area contributed by atoms with Crippen LogP contribution in [0.25, 0.3) is 0 Å².